The highest BCUT2D eigenvalue weighted by Crippen LogP contribution is 2.21. The average molecular weight is 152 g/mol. The van der Waals surface area contributed by atoms with Gasteiger partial charge in [0.25, 0.3) is 0 Å². The van der Waals surface area contributed by atoms with Gasteiger partial charge in [-0.05, 0) is 27.0 Å². The second-order valence-corrected chi connectivity index (χ2v) is 2.82. The molecular weight excluding hydrogens is 136 g/mol. The second kappa shape index (κ2) is 2.99. The molecule has 0 aromatic heterocycles. The molecule has 0 N–H and O–H groups in total. The second-order valence-electron chi connectivity index (χ2n) is 2.82. The molecule has 11 heavy (non-hydrogen) atoms. The molecule has 0 atom stereocenters. The lowest BCUT2D eigenvalue weighted by atomic mass is 10.3. The standard InChI is InChI=1S/C9H16N2/c1-5-10-7-11(6-2)9(4)8(10)3/h5H,1,6-7H2,2-4H3. The maximum atomic E-state index is 3.76. The zero-order valence-electron chi connectivity index (χ0n) is 7.59. The van der Waals surface area contributed by atoms with Crippen molar-refractivity contribution < 1.29 is 0 Å². The largest absolute Gasteiger partial charge is 0.356 e. The molecule has 1 heterocycles. The summed E-state index contributed by atoms with van der Waals surface area (Å²) < 4.78 is 0. The van der Waals surface area contributed by atoms with Gasteiger partial charge in [-0.1, -0.05) is 6.58 Å². The first kappa shape index (κ1) is 8.18. The van der Waals surface area contributed by atoms with Crippen LogP contribution in [0.25, 0.3) is 0 Å². The molecule has 0 fully saturated rings. The van der Waals surface area contributed by atoms with Crippen molar-refractivity contribution in [2.45, 2.75) is 20.8 Å². The monoisotopic (exact) mass is 152 g/mol. The van der Waals surface area contributed by atoms with E-state index < -0.39 is 0 Å². The highest BCUT2D eigenvalue weighted by Gasteiger charge is 2.18. The predicted octanol–water partition coefficient (Wildman–Crippen LogP) is 1.98. The van der Waals surface area contributed by atoms with Crippen LogP contribution < -0.4 is 0 Å². The van der Waals surface area contributed by atoms with Gasteiger partial charge in [-0.3, -0.25) is 0 Å². The first-order valence-corrected chi connectivity index (χ1v) is 4.02. The van der Waals surface area contributed by atoms with Crippen molar-refractivity contribution in [3.8, 4) is 0 Å². The summed E-state index contributed by atoms with van der Waals surface area (Å²) in [6.45, 7) is 12.3. The van der Waals surface area contributed by atoms with Gasteiger partial charge in [0, 0.05) is 17.9 Å². The fraction of sp³-hybridized carbons (Fsp3) is 0.556. The summed E-state index contributed by atoms with van der Waals surface area (Å²) in [6.07, 6.45) is 1.88. The molecule has 0 unspecified atom stereocenters. The van der Waals surface area contributed by atoms with Crippen molar-refractivity contribution in [2.75, 3.05) is 13.2 Å². The van der Waals surface area contributed by atoms with Crippen LogP contribution in [-0.4, -0.2) is 23.0 Å². The summed E-state index contributed by atoms with van der Waals surface area (Å²) in [4.78, 5) is 4.50. The van der Waals surface area contributed by atoms with Crippen LogP contribution in [0, 0.1) is 0 Å². The van der Waals surface area contributed by atoms with Crippen LogP contribution in [0.2, 0.25) is 0 Å². The molecule has 0 aliphatic carbocycles. The molecule has 0 saturated carbocycles. The number of rotatable bonds is 2. The van der Waals surface area contributed by atoms with E-state index in [0.717, 1.165) is 13.2 Å². The first-order valence-electron chi connectivity index (χ1n) is 4.02. The number of allylic oxidation sites excluding steroid dienone is 2. The highest BCUT2D eigenvalue weighted by molar-refractivity contribution is 5.15. The van der Waals surface area contributed by atoms with Crippen LogP contribution in [0.4, 0.5) is 0 Å². The van der Waals surface area contributed by atoms with Crippen molar-refractivity contribution >= 4 is 0 Å². The van der Waals surface area contributed by atoms with Gasteiger partial charge in [-0.15, -0.1) is 0 Å². The Morgan fingerprint density at radius 3 is 2.36 bits per heavy atom. The van der Waals surface area contributed by atoms with E-state index in [9.17, 15) is 0 Å². The molecule has 0 saturated heterocycles. The van der Waals surface area contributed by atoms with Gasteiger partial charge in [-0.25, -0.2) is 0 Å². The Labute approximate surface area is 68.8 Å². The molecule has 1 rings (SSSR count). The van der Waals surface area contributed by atoms with E-state index in [-0.39, 0.29) is 0 Å². The third-order valence-corrected chi connectivity index (χ3v) is 2.35. The van der Waals surface area contributed by atoms with Gasteiger partial charge >= 0.3 is 0 Å². The maximum Gasteiger partial charge on any atom is 0.0940 e. The van der Waals surface area contributed by atoms with Gasteiger partial charge in [-0.2, -0.15) is 0 Å². The summed E-state index contributed by atoms with van der Waals surface area (Å²) in [5.74, 6) is 0. The molecule has 0 amide bonds. The zero-order chi connectivity index (χ0) is 8.43. The lowest BCUT2D eigenvalue weighted by Crippen LogP contribution is -2.23. The smallest absolute Gasteiger partial charge is 0.0940 e. The van der Waals surface area contributed by atoms with Crippen LogP contribution in [0.3, 0.4) is 0 Å². The topological polar surface area (TPSA) is 6.48 Å². The Kier molecular flexibility index (Phi) is 2.22. The molecular formula is C9H16N2. The predicted molar refractivity (Wildman–Crippen MR) is 47.7 cm³/mol. The average Bonchev–Trinajstić information content (AvgIpc) is 2.30. The minimum atomic E-state index is 0.970. The summed E-state index contributed by atoms with van der Waals surface area (Å²) >= 11 is 0. The normalized spacial score (nSPS) is 18.1. The van der Waals surface area contributed by atoms with E-state index in [1.165, 1.54) is 11.4 Å². The van der Waals surface area contributed by atoms with E-state index >= 15 is 0 Å². The van der Waals surface area contributed by atoms with Crippen molar-refractivity contribution in [2.24, 2.45) is 0 Å². The molecule has 0 bridgehead atoms. The molecule has 0 spiro atoms. The van der Waals surface area contributed by atoms with Crippen molar-refractivity contribution in [3.05, 3.63) is 24.2 Å². The zero-order valence-corrected chi connectivity index (χ0v) is 7.59. The Morgan fingerprint density at radius 1 is 1.45 bits per heavy atom. The van der Waals surface area contributed by atoms with E-state index in [0.29, 0.717) is 0 Å². The van der Waals surface area contributed by atoms with Gasteiger partial charge in [0.05, 0.1) is 6.67 Å². The van der Waals surface area contributed by atoms with E-state index in [1.54, 1.807) is 0 Å². The molecule has 0 radical (unpaired) electrons. The van der Waals surface area contributed by atoms with Crippen LogP contribution in [-0.2, 0) is 0 Å². The van der Waals surface area contributed by atoms with E-state index in [1.807, 2.05) is 6.20 Å². The summed E-state index contributed by atoms with van der Waals surface area (Å²) in [6, 6.07) is 0. The van der Waals surface area contributed by atoms with Gasteiger partial charge < -0.3 is 9.80 Å². The minimum absolute atomic E-state index is 0.970. The summed E-state index contributed by atoms with van der Waals surface area (Å²) in [5.41, 5.74) is 2.69. The molecule has 2 nitrogen and oxygen atoms in total. The quantitative estimate of drug-likeness (QED) is 0.597. The van der Waals surface area contributed by atoms with Crippen molar-refractivity contribution in [1.82, 2.24) is 9.80 Å². The van der Waals surface area contributed by atoms with Gasteiger partial charge in [0.15, 0.2) is 0 Å². The van der Waals surface area contributed by atoms with Crippen LogP contribution in [0.15, 0.2) is 24.2 Å². The molecule has 62 valence electrons. The number of hydrogen-bond acceptors (Lipinski definition) is 2. The van der Waals surface area contributed by atoms with Crippen LogP contribution in [0.1, 0.15) is 20.8 Å². The molecule has 1 aliphatic heterocycles. The molecule has 2 heteroatoms. The lowest BCUT2D eigenvalue weighted by Gasteiger charge is -2.18. The number of nitrogens with zero attached hydrogens (tertiary/aromatic N) is 2. The fourth-order valence-electron chi connectivity index (χ4n) is 1.36. The minimum Gasteiger partial charge on any atom is -0.356 e. The lowest BCUT2D eigenvalue weighted by molar-refractivity contribution is 0.307. The third kappa shape index (κ3) is 1.25. The summed E-state index contributed by atoms with van der Waals surface area (Å²) in [7, 11) is 0. The Bertz CT molecular complexity index is 194. The van der Waals surface area contributed by atoms with Gasteiger partial charge in [0.2, 0.25) is 0 Å². The van der Waals surface area contributed by atoms with Crippen LogP contribution in [0.5, 0.6) is 0 Å². The molecule has 1 aliphatic rings. The SMILES string of the molecule is C=CN1CN(CC)C(C)=C1C. The van der Waals surface area contributed by atoms with Crippen molar-refractivity contribution in [3.63, 3.8) is 0 Å². The molecule has 0 aromatic rings. The van der Waals surface area contributed by atoms with E-state index in [4.69, 9.17) is 0 Å². The fourth-order valence-corrected chi connectivity index (χ4v) is 1.36. The Hall–Kier alpha value is -0.920. The first-order chi connectivity index (χ1) is 5.20. The third-order valence-electron chi connectivity index (χ3n) is 2.35. The van der Waals surface area contributed by atoms with Gasteiger partial charge in [0.1, 0.15) is 0 Å². The maximum absolute atomic E-state index is 3.76. The summed E-state index contributed by atoms with van der Waals surface area (Å²) in [5, 5.41) is 0. The number of hydrogen-bond donors (Lipinski definition) is 0. The van der Waals surface area contributed by atoms with Crippen molar-refractivity contribution in [1.29, 1.82) is 0 Å². The Morgan fingerprint density at radius 2 is 2.09 bits per heavy atom. The highest BCUT2D eigenvalue weighted by atomic mass is 15.4. The Balaban J connectivity index is 2.78. The molecule has 0 aromatic carbocycles. The van der Waals surface area contributed by atoms with Crippen LogP contribution >= 0.6 is 0 Å². The van der Waals surface area contributed by atoms with E-state index in [2.05, 4.69) is 37.1 Å².